The summed E-state index contributed by atoms with van der Waals surface area (Å²) < 4.78 is 7.38. The van der Waals surface area contributed by atoms with Crippen molar-refractivity contribution in [2.75, 3.05) is 13.7 Å². The molecule has 1 amide bonds. The maximum Gasteiger partial charge on any atom is 0.244 e. The first kappa shape index (κ1) is 14.4. The number of tetrazole rings is 1. The van der Waals surface area contributed by atoms with Gasteiger partial charge in [-0.05, 0) is 36.6 Å². The zero-order chi connectivity index (χ0) is 14.9. The Morgan fingerprint density at radius 2 is 2.24 bits per heavy atom. The van der Waals surface area contributed by atoms with Gasteiger partial charge in [-0.3, -0.25) is 4.79 Å². The van der Waals surface area contributed by atoms with Crippen molar-refractivity contribution in [2.24, 2.45) is 5.41 Å². The van der Waals surface area contributed by atoms with Crippen LogP contribution in [0.1, 0.15) is 39.0 Å². The standard InChI is InChI=1S/C14H23N5O2/c1-3-21-12-8-11(14(12)6-4-5-7-14)18(2)13(20)9-19-10-15-16-17-19/h10-12H,3-9H2,1-2H3/t11-,12-/m1/s1. The average Bonchev–Trinajstić information content (AvgIpc) is 3.14. The van der Waals surface area contributed by atoms with Gasteiger partial charge in [0.25, 0.3) is 0 Å². The predicted octanol–water partition coefficient (Wildman–Crippen LogP) is 0.869. The van der Waals surface area contributed by atoms with E-state index in [0.29, 0.717) is 12.1 Å². The molecule has 7 nitrogen and oxygen atoms in total. The molecule has 1 spiro atoms. The third-order valence-corrected chi connectivity index (χ3v) is 5.19. The fourth-order valence-corrected chi connectivity index (χ4v) is 4.07. The van der Waals surface area contributed by atoms with Crippen LogP contribution in [0.25, 0.3) is 0 Å². The summed E-state index contributed by atoms with van der Waals surface area (Å²) in [7, 11) is 1.90. The van der Waals surface area contributed by atoms with Gasteiger partial charge < -0.3 is 9.64 Å². The van der Waals surface area contributed by atoms with E-state index >= 15 is 0 Å². The van der Waals surface area contributed by atoms with Crippen LogP contribution < -0.4 is 0 Å². The van der Waals surface area contributed by atoms with Gasteiger partial charge in [-0.25, -0.2) is 4.68 Å². The fraction of sp³-hybridized carbons (Fsp3) is 0.857. The zero-order valence-corrected chi connectivity index (χ0v) is 12.7. The molecule has 0 unspecified atom stereocenters. The van der Waals surface area contributed by atoms with Crippen molar-refractivity contribution >= 4 is 5.91 Å². The molecule has 0 saturated heterocycles. The van der Waals surface area contributed by atoms with Crippen LogP contribution in [-0.2, 0) is 16.1 Å². The Hall–Kier alpha value is -1.50. The Kier molecular flexibility index (Phi) is 3.93. The van der Waals surface area contributed by atoms with Crippen molar-refractivity contribution in [2.45, 2.75) is 57.7 Å². The van der Waals surface area contributed by atoms with E-state index in [-0.39, 0.29) is 17.9 Å². The summed E-state index contributed by atoms with van der Waals surface area (Å²) in [5.41, 5.74) is 0.182. The van der Waals surface area contributed by atoms with Crippen LogP contribution in [0.2, 0.25) is 0 Å². The van der Waals surface area contributed by atoms with Crippen LogP contribution in [0.15, 0.2) is 6.33 Å². The van der Waals surface area contributed by atoms with E-state index < -0.39 is 0 Å². The maximum atomic E-state index is 12.4. The second-order valence-corrected chi connectivity index (χ2v) is 6.15. The third-order valence-electron chi connectivity index (χ3n) is 5.19. The van der Waals surface area contributed by atoms with Gasteiger partial charge in [0.15, 0.2) is 0 Å². The molecule has 0 aliphatic heterocycles. The summed E-state index contributed by atoms with van der Waals surface area (Å²) in [6.45, 7) is 3.00. The number of ether oxygens (including phenoxy) is 1. The summed E-state index contributed by atoms with van der Waals surface area (Å²) in [5.74, 6) is 0.0634. The third kappa shape index (κ3) is 2.43. The Bertz CT molecular complexity index is 484. The number of carbonyl (C=O) groups excluding carboxylic acids is 1. The molecule has 0 bridgehead atoms. The second-order valence-electron chi connectivity index (χ2n) is 6.15. The van der Waals surface area contributed by atoms with Crippen LogP contribution in [0.3, 0.4) is 0 Å². The molecule has 0 N–H and O–H groups in total. The number of hydrogen-bond donors (Lipinski definition) is 0. The van der Waals surface area contributed by atoms with Crippen LogP contribution in [-0.4, -0.2) is 56.8 Å². The monoisotopic (exact) mass is 293 g/mol. The molecule has 0 radical (unpaired) electrons. The summed E-state index contributed by atoms with van der Waals surface area (Å²) in [4.78, 5) is 14.3. The van der Waals surface area contributed by atoms with Crippen molar-refractivity contribution in [3.05, 3.63) is 6.33 Å². The van der Waals surface area contributed by atoms with Crippen LogP contribution >= 0.6 is 0 Å². The molecule has 2 aliphatic rings. The molecule has 1 aromatic heterocycles. The molecule has 2 atom stereocenters. The molecule has 2 aliphatic carbocycles. The SMILES string of the molecule is CCO[C@@H]1C[C@@H](N(C)C(=O)Cn2cnnn2)C12CCCC2. The highest BCUT2D eigenvalue weighted by molar-refractivity contribution is 5.76. The van der Waals surface area contributed by atoms with Gasteiger partial charge in [-0.15, -0.1) is 5.10 Å². The molecule has 3 rings (SSSR count). The molecule has 2 fully saturated rings. The lowest BCUT2D eigenvalue weighted by Crippen LogP contribution is -2.64. The molecule has 21 heavy (non-hydrogen) atoms. The normalized spacial score (nSPS) is 26.8. The van der Waals surface area contributed by atoms with E-state index in [9.17, 15) is 4.79 Å². The van der Waals surface area contributed by atoms with E-state index in [2.05, 4.69) is 15.5 Å². The van der Waals surface area contributed by atoms with Crippen molar-refractivity contribution in [1.82, 2.24) is 25.1 Å². The van der Waals surface area contributed by atoms with E-state index in [1.54, 1.807) is 0 Å². The number of hydrogen-bond acceptors (Lipinski definition) is 5. The van der Waals surface area contributed by atoms with Crippen molar-refractivity contribution in [3.63, 3.8) is 0 Å². The lowest BCUT2D eigenvalue weighted by Gasteiger charge is -2.57. The van der Waals surface area contributed by atoms with E-state index in [1.807, 2.05) is 18.9 Å². The molecule has 1 heterocycles. The molecular formula is C14H23N5O2. The topological polar surface area (TPSA) is 73.1 Å². The Balaban J connectivity index is 1.67. The lowest BCUT2D eigenvalue weighted by molar-refractivity contribution is -0.172. The number of aromatic nitrogens is 4. The highest BCUT2D eigenvalue weighted by atomic mass is 16.5. The summed E-state index contributed by atoms with van der Waals surface area (Å²) >= 11 is 0. The molecular weight excluding hydrogens is 270 g/mol. The number of likely N-dealkylation sites (N-methyl/N-ethyl adjacent to an activating group) is 1. The van der Waals surface area contributed by atoms with Gasteiger partial charge in [0, 0.05) is 25.1 Å². The van der Waals surface area contributed by atoms with Crippen molar-refractivity contribution in [3.8, 4) is 0 Å². The Labute approximate surface area is 124 Å². The van der Waals surface area contributed by atoms with E-state index in [4.69, 9.17) is 4.74 Å². The summed E-state index contributed by atoms with van der Waals surface area (Å²) in [6.07, 6.45) is 7.57. The van der Waals surface area contributed by atoms with Gasteiger partial charge in [-0.1, -0.05) is 12.8 Å². The maximum absolute atomic E-state index is 12.4. The summed E-state index contributed by atoms with van der Waals surface area (Å²) in [5, 5.41) is 10.9. The summed E-state index contributed by atoms with van der Waals surface area (Å²) in [6, 6.07) is 0.292. The molecule has 1 aromatic rings. The minimum absolute atomic E-state index is 0.0634. The first-order valence-corrected chi connectivity index (χ1v) is 7.75. The van der Waals surface area contributed by atoms with Gasteiger partial charge in [-0.2, -0.15) is 0 Å². The average molecular weight is 293 g/mol. The number of carbonyl (C=O) groups is 1. The van der Waals surface area contributed by atoms with Gasteiger partial charge in [0.05, 0.1) is 6.10 Å². The van der Waals surface area contributed by atoms with Gasteiger partial charge in [0.2, 0.25) is 5.91 Å². The van der Waals surface area contributed by atoms with Gasteiger partial charge >= 0.3 is 0 Å². The molecule has 0 aromatic carbocycles. The minimum atomic E-state index is 0.0634. The fourth-order valence-electron chi connectivity index (χ4n) is 4.07. The molecule has 116 valence electrons. The zero-order valence-electron chi connectivity index (χ0n) is 12.7. The van der Waals surface area contributed by atoms with Crippen molar-refractivity contribution < 1.29 is 9.53 Å². The number of rotatable bonds is 5. The number of nitrogens with zero attached hydrogens (tertiary/aromatic N) is 5. The molecule has 7 heteroatoms. The predicted molar refractivity (Wildman–Crippen MR) is 75.3 cm³/mol. The van der Waals surface area contributed by atoms with E-state index in [1.165, 1.54) is 36.7 Å². The van der Waals surface area contributed by atoms with Crippen LogP contribution in [0.4, 0.5) is 0 Å². The van der Waals surface area contributed by atoms with Crippen molar-refractivity contribution in [1.29, 1.82) is 0 Å². The van der Waals surface area contributed by atoms with Crippen LogP contribution in [0, 0.1) is 5.41 Å². The minimum Gasteiger partial charge on any atom is -0.378 e. The first-order chi connectivity index (χ1) is 10.2. The lowest BCUT2D eigenvalue weighted by atomic mass is 9.60. The molecule has 2 saturated carbocycles. The quantitative estimate of drug-likeness (QED) is 0.805. The largest absolute Gasteiger partial charge is 0.378 e. The van der Waals surface area contributed by atoms with E-state index in [0.717, 1.165) is 13.0 Å². The Morgan fingerprint density at radius 3 is 2.86 bits per heavy atom. The second kappa shape index (κ2) is 5.71. The first-order valence-electron chi connectivity index (χ1n) is 7.75. The highest BCUT2D eigenvalue weighted by Gasteiger charge is 2.58. The van der Waals surface area contributed by atoms with Crippen LogP contribution in [0.5, 0.6) is 0 Å². The number of amides is 1. The highest BCUT2D eigenvalue weighted by Crippen LogP contribution is 2.56. The Morgan fingerprint density at radius 1 is 1.48 bits per heavy atom. The smallest absolute Gasteiger partial charge is 0.244 e. The van der Waals surface area contributed by atoms with Gasteiger partial charge in [0.1, 0.15) is 12.9 Å².